The number of nitrogens with one attached hydrogen (secondary N) is 1. The van der Waals surface area contributed by atoms with Crippen molar-refractivity contribution in [2.45, 2.75) is 24.8 Å². The molecular weight excluding hydrogens is 476 g/mol. The van der Waals surface area contributed by atoms with Gasteiger partial charge in [0.25, 0.3) is 5.91 Å². The molecule has 1 aliphatic heterocycles. The SMILES string of the molecule is CC(C)n1c(=O)sc2cc(S(=O)(=O)N3CCN(C(=O)CNC(=O)c4ccccc4)CC3)ccc21. The summed E-state index contributed by atoms with van der Waals surface area (Å²) in [6, 6.07) is 13.3. The van der Waals surface area contributed by atoms with Gasteiger partial charge in [-0.25, -0.2) is 8.42 Å². The molecule has 11 heteroatoms. The van der Waals surface area contributed by atoms with Gasteiger partial charge in [0.2, 0.25) is 15.9 Å². The number of thiazole rings is 1. The summed E-state index contributed by atoms with van der Waals surface area (Å²) in [6.45, 7) is 4.45. The van der Waals surface area contributed by atoms with Gasteiger partial charge in [-0.1, -0.05) is 29.5 Å². The average Bonchev–Trinajstić information content (AvgIpc) is 3.18. The van der Waals surface area contributed by atoms with Gasteiger partial charge < -0.3 is 10.2 Å². The van der Waals surface area contributed by atoms with Gasteiger partial charge in [0.05, 0.1) is 21.7 Å². The Balaban J connectivity index is 1.39. The first-order valence-corrected chi connectivity index (χ1v) is 13.2. The van der Waals surface area contributed by atoms with Gasteiger partial charge in [-0.05, 0) is 44.2 Å². The molecule has 3 aromatic rings. The number of benzene rings is 2. The summed E-state index contributed by atoms with van der Waals surface area (Å²) < 4.78 is 30.0. The van der Waals surface area contributed by atoms with Gasteiger partial charge in [-0.3, -0.25) is 19.0 Å². The molecule has 0 saturated carbocycles. The molecule has 9 nitrogen and oxygen atoms in total. The maximum absolute atomic E-state index is 13.2. The summed E-state index contributed by atoms with van der Waals surface area (Å²) in [5, 5.41) is 2.61. The van der Waals surface area contributed by atoms with Crippen molar-refractivity contribution in [1.29, 1.82) is 0 Å². The summed E-state index contributed by atoms with van der Waals surface area (Å²) in [6.07, 6.45) is 0. The molecule has 2 aromatic carbocycles. The maximum Gasteiger partial charge on any atom is 0.308 e. The van der Waals surface area contributed by atoms with Crippen LogP contribution in [0.4, 0.5) is 0 Å². The lowest BCUT2D eigenvalue weighted by molar-refractivity contribution is -0.131. The van der Waals surface area contributed by atoms with E-state index in [4.69, 9.17) is 0 Å². The quantitative estimate of drug-likeness (QED) is 0.554. The Hall–Kier alpha value is -3.02. The Kier molecular flexibility index (Phi) is 6.87. The molecule has 2 heterocycles. The van der Waals surface area contributed by atoms with Crippen LogP contribution < -0.4 is 10.2 Å². The van der Waals surface area contributed by atoms with E-state index in [2.05, 4.69) is 5.32 Å². The molecule has 0 unspecified atom stereocenters. The first-order valence-electron chi connectivity index (χ1n) is 10.9. The van der Waals surface area contributed by atoms with Gasteiger partial charge in [0, 0.05) is 37.8 Å². The molecule has 1 saturated heterocycles. The molecule has 0 radical (unpaired) electrons. The molecule has 1 aromatic heterocycles. The Morgan fingerprint density at radius 2 is 1.71 bits per heavy atom. The fourth-order valence-corrected chi connectivity index (χ4v) is 6.53. The van der Waals surface area contributed by atoms with Crippen LogP contribution in [0.25, 0.3) is 10.2 Å². The van der Waals surface area contributed by atoms with Crippen molar-refractivity contribution in [2.75, 3.05) is 32.7 Å². The lowest BCUT2D eigenvalue weighted by atomic mass is 10.2. The van der Waals surface area contributed by atoms with Crippen molar-refractivity contribution in [1.82, 2.24) is 19.1 Å². The second kappa shape index (κ2) is 9.69. The third-order valence-corrected chi connectivity index (χ3v) is 8.58. The van der Waals surface area contributed by atoms with Crippen LogP contribution in [0.15, 0.2) is 58.2 Å². The number of nitrogens with zero attached hydrogens (tertiary/aromatic N) is 3. The molecular formula is C23H26N4O5S2. The Bertz CT molecular complexity index is 1370. The summed E-state index contributed by atoms with van der Waals surface area (Å²) in [5.74, 6) is -0.596. The summed E-state index contributed by atoms with van der Waals surface area (Å²) in [7, 11) is -3.77. The van der Waals surface area contributed by atoms with Crippen molar-refractivity contribution in [2.24, 2.45) is 0 Å². The fourth-order valence-electron chi connectivity index (χ4n) is 3.95. The molecule has 1 aliphatic rings. The van der Waals surface area contributed by atoms with Crippen molar-refractivity contribution < 1.29 is 18.0 Å². The van der Waals surface area contributed by atoms with E-state index in [0.29, 0.717) is 10.3 Å². The van der Waals surface area contributed by atoms with E-state index < -0.39 is 10.0 Å². The van der Waals surface area contributed by atoms with E-state index in [1.54, 1.807) is 51.9 Å². The van der Waals surface area contributed by atoms with E-state index in [1.165, 1.54) is 10.4 Å². The normalized spacial score (nSPS) is 15.1. The van der Waals surface area contributed by atoms with Crippen LogP contribution in [-0.4, -0.2) is 66.7 Å². The van der Waals surface area contributed by atoms with Gasteiger partial charge >= 0.3 is 4.87 Å². The average molecular weight is 503 g/mol. The number of hydrogen-bond donors (Lipinski definition) is 1. The van der Waals surface area contributed by atoms with Gasteiger partial charge in [-0.2, -0.15) is 4.31 Å². The number of piperazine rings is 1. The molecule has 0 bridgehead atoms. The van der Waals surface area contributed by atoms with Crippen LogP contribution in [0.2, 0.25) is 0 Å². The zero-order valence-corrected chi connectivity index (χ0v) is 20.6. The fraction of sp³-hybridized carbons (Fsp3) is 0.348. The van der Waals surface area contributed by atoms with E-state index in [9.17, 15) is 22.8 Å². The highest BCUT2D eigenvalue weighted by Gasteiger charge is 2.30. The molecule has 4 rings (SSSR count). The lowest BCUT2D eigenvalue weighted by Crippen LogP contribution is -2.52. The van der Waals surface area contributed by atoms with Crippen LogP contribution in [0, 0.1) is 0 Å². The Morgan fingerprint density at radius 1 is 1.03 bits per heavy atom. The zero-order valence-electron chi connectivity index (χ0n) is 18.9. The van der Waals surface area contributed by atoms with E-state index in [-0.39, 0.29) is 60.3 Å². The Morgan fingerprint density at radius 3 is 2.35 bits per heavy atom. The predicted molar refractivity (Wildman–Crippen MR) is 131 cm³/mol. The highest BCUT2D eigenvalue weighted by atomic mass is 32.2. The molecule has 1 N–H and O–H groups in total. The van der Waals surface area contributed by atoms with Crippen LogP contribution in [0.3, 0.4) is 0 Å². The molecule has 0 spiro atoms. The predicted octanol–water partition coefficient (Wildman–Crippen LogP) is 1.91. The minimum absolute atomic E-state index is 0.0215. The van der Waals surface area contributed by atoms with E-state index in [1.807, 2.05) is 13.8 Å². The highest BCUT2D eigenvalue weighted by molar-refractivity contribution is 7.89. The van der Waals surface area contributed by atoms with Crippen LogP contribution >= 0.6 is 11.3 Å². The molecule has 0 atom stereocenters. The van der Waals surface area contributed by atoms with Gasteiger partial charge in [-0.15, -0.1) is 0 Å². The molecule has 180 valence electrons. The van der Waals surface area contributed by atoms with Crippen molar-refractivity contribution in [3.63, 3.8) is 0 Å². The van der Waals surface area contributed by atoms with Crippen LogP contribution in [0.5, 0.6) is 0 Å². The summed E-state index contributed by atoms with van der Waals surface area (Å²) in [5.41, 5.74) is 1.19. The minimum Gasteiger partial charge on any atom is -0.343 e. The molecule has 2 amide bonds. The topological polar surface area (TPSA) is 109 Å². The number of amides is 2. The highest BCUT2D eigenvalue weighted by Crippen LogP contribution is 2.26. The number of aromatic nitrogens is 1. The second-order valence-electron chi connectivity index (χ2n) is 8.29. The summed E-state index contributed by atoms with van der Waals surface area (Å²) in [4.78, 5) is 38.5. The van der Waals surface area contributed by atoms with Crippen LogP contribution in [-0.2, 0) is 14.8 Å². The van der Waals surface area contributed by atoms with E-state index >= 15 is 0 Å². The third kappa shape index (κ3) is 4.77. The van der Waals surface area contributed by atoms with Crippen molar-refractivity contribution >= 4 is 43.4 Å². The van der Waals surface area contributed by atoms with E-state index in [0.717, 1.165) is 16.9 Å². The first kappa shape index (κ1) is 24.1. The monoisotopic (exact) mass is 502 g/mol. The Labute approximate surface area is 201 Å². The van der Waals surface area contributed by atoms with Crippen LogP contribution in [0.1, 0.15) is 30.2 Å². The standard InChI is InChI=1S/C23H26N4O5S2/c1-16(2)27-19-9-8-18(14-20(19)33-23(27)30)34(31,32)26-12-10-25(11-13-26)21(28)15-24-22(29)17-6-4-3-5-7-17/h3-9,14,16H,10-13,15H2,1-2H3,(H,24,29). The number of fused-ring (bicyclic) bond motifs is 1. The molecule has 1 fully saturated rings. The van der Waals surface area contributed by atoms with Crippen molar-refractivity contribution in [3.05, 3.63) is 63.8 Å². The second-order valence-corrected chi connectivity index (χ2v) is 11.2. The van der Waals surface area contributed by atoms with Gasteiger partial charge in [0.1, 0.15) is 0 Å². The number of sulfonamides is 1. The first-order chi connectivity index (χ1) is 16.2. The maximum atomic E-state index is 13.2. The molecule has 34 heavy (non-hydrogen) atoms. The smallest absolute Gasteiger partial charge is 0.308 e. The number of carbonyl (C=O) groups excluding carboxylic acids is 2. The third-order valence-electron chi connectivity index (χ3n) is 5.77. The minimum atomic E-state index is -3.77. The number of carbonyl (C=O) groups is 2. The molecule has 0 aliphatic carbocycles. The van der Waals surface area contributed by atoms with Crippen molar-refractivity contribution in [3.8, 4) is 0 Å². The number of rotatable bonds is 6. The van der Waals surface area contributed by atoms with Gasteiger partial charge in [0.15, 0.2) is 0 Å². The number of hydrogen-bond acceptors (Lipinski definition) is 6. The summed E-state index contributed by atoms with van der Waals surface area (Å²) >= 11 is 1.03. The largest absolute Gasteiger partial charge is 0.343 e. The zero-order chi connectivity index (χ0) is 24.5. The lowest BCUT2D eigenvalue weighted by Gasteiger charge is -2.34.